The Kier molecular flexibility index (Phi) is 5.69. The molecule has 0 fully saturated rings. The zero-order valence-electron chi connectivity index (χ0n) is 9.94. The molecule has 1 atom stereocenters. The quantitative estimate of drug-likeness (QED) is 0.626. The lowest BCUT2D eigenvalue weighted by Gasteiger charge is -2.16. The average Bonchev–Trinajstić information content (AvgIpc) is 2.33. The van der Waals surface area contributed by atoms with Crippen LogP contribution in [0.25, 0.3) is 0 Å². The van der Waals surface area contributed by atoms with E-state index in [1.165, 1.54) is 13.3 Å². The minimum absolute atomic E-state index is 0.147. The van der Waals surface area contributed by atoms with Crippen molar-refractivity contribution >= 4 is 23.4 Å². The molecule has 1 aromatic rings. The second kappa shape index (κ2) is 7.06. The molecule has 0 aromatic carbocycles. The summed E-state index contributed by atoms with van der Waals surface area (Å²) in [4.78, 5) is 19.3. The first-order valence-corrected chi connectivity index (χ1v) is 5.88. The zero-order valence-corrected chi connectivity index (χ0v) is 10.7. The minimum Gasteiger partial charge on any atom is -0.467 e. The van der Waals surface area contributed by atoms with Crippen LogP contribution in [0.2, 0.25) is 5.28 Å². The lowest BCUT2D eigenvalue weighted by molar-refractivity contribution is -0.141. The lowest BCUT2D eigenvalue weighted by Crippen LogP contribution is -2.31. The van der Waals surface area contributed by atoms with Crippen LogP contribution in [0.1, 0.15) is 26.2 Å². The summed E-state index contributed by atoms with van der Waals surface area (Å²) >= 11 is 5.67. The van der Waals surface area contributed by atoms with Gasteiger partial charge in [-0.3, -0.25) is 0 Å². The first kappa shape index (κ1) is 13.7. The van der Waals surface area contributed by atoms with E-state index >= 15 is 0 Å². The van der Waals surface area contributed by atoms with Crippen LogP contribution in [-0.2, 0) is 9.53 Å². The van der Waals surface area contributed by atoms with E-state index in [-0.39, 0.29) is 11.3 Å². The number of ether oxygens (including phenoxy) is 1. The Morgan fingerprint density at radius 1 is 1.65 bits per heavy atom. The topological polar surface area (TPSA) is 64.1 Å². The Labute approximate surface area is 106 Å². The molecule has 0 spiro atoms. The van der Waals surface area contributed by atoms with Crippen molar-refractivity contribution in [2.24, 2.45) is 0 Å². The first-order valence-electron chi connectivity index (χ1n) is 5.50. The van der Waals surface area contributed by atoms with Gasteiger partial charge in [-0.15, -0.1) is 0 Å². The molecular weight excluding hydrogens is 242 g/mol. The molecule has 5 nitrogen and oxygen atoms in total. The van der Waals surface area contributed by atoms with Gasteiger partial charge in [-0.2, -0.15) is 0 Å². The molecule has 0 saturated heterocycles. The molecule has 1 N–H and O–H groups in total. The molecule has 0 radical (unpaired) electrons. The number of aromatic nitrogens is 2. The number of hydrogen-bond donors (Lipinski definition) is 1. The maximum absolute atomic E-state index is 11.5. The highest BCUT2D eigenvalue weighted by Gasteiger charge is 2.18. The number of anilines is 1. The van der Waals surface area contributed by atoms with Gasteiger partial charge >= 0.3 is 5.97 Å². The molecule has 0 aliphatic heterocycles. The van der Waals surface area contributed by atoms with Crippen LogP contribution < -0.4 is 5.32 Å². The summed E-state index contributed by atoms with van der Waals surface area (Å²) in [5.74, 6) is 0.227. The molecule has 94 valence electrons. The van der Waals surface area contributed by atoms with Gasteiger partial charge in [0.25, 0.3) is 0 Å². The molecular formula is C11H16ClN3O2. The van der Waals surface area contributed by atoms with E-state index in [1.807, 2.05) is 0 Å². The van der Waals surface area contributed by atoms with Crippen LogP contribution in [0.5, 0.6) is 0 Å². The maximum Gasteiger partial charge on any atom is 0.328 e. The van der Waals surface area contributed by atoms with Gasteiger partial charge in [0.1, 0.15) is 11.9 Å². The maximum atomic E-state index is 11.5. The van der Waals surface area contributed by atoms with E-state index in [9.17, 15) is 4.79 Å². The number of rotatable bonds is 6. The minimum atomic E-state index is -0.397. The number of carbonyl (C=O) groups excluding carboxylic acids is 1. The first-order chi connectivity index (χ1) is 8.17. The third kappa shape index (κ3) is 4.56. The molecule has 0 bridgehead atoms. The number of hydrogen-bond acceptors (Lipinski definition) is 5. The average molecular weight is 258 g/mol. The van der Waals surface area contributed by atoms with Gasteiger partial charge in [-0.1, -0.05) is 19.8 Å². The highest BCUT2D eigenvalue weighted by atomic mass is 35.5. The number of carbonyl (C=O) groups is 1. The fourth-order valence-corrected chi connectivity index (χ4v) is 1.54. The molecule has 1 heterocycles. The van der Waals surface area contributed by atoms with Gasteiger partial charge < -0.3 is 10.1 Å². The van der Waals surface area contributed by atoms with Gasteiger partial charge in [0.2, 0.25) is 5.28 Å². The predicted molar refractivity (Wildman–Crippen MR) is 66.0 cm³/mol. The molecule has 0 aliphatic carbocycles. The highest BCUT2D eigenvalue weighted by molar-refractivity contribution is 6.28. The molecule has 17 heavy (non-hydrogen) atoms. The van der Waals surface area contributed by atoms with Crippen LogP contribution in [0, 0.1) is 0 Å². The van der Waals surface area contributed by atoms with Crippen molar-refractivity contribution in [1.29, 1.82) is 0 Å². The van der Waals surface area contributed by atoms with E-state index in [0.717, 1.165) is 12.8 Å². The number of nitrogens with zero attached hydrogens (tertiary/aromatic N) is 2. The van der Waals surface area contributed by atoms with Gasteiger partial charge in [0.15, 0.2) is 0 Å². The summed E-state index contributed by atoms with van der Waals surface area (Å²) in [5.41, 5.74) is 0. The zero-order chi connectivity index (χ0) is 12.7. The van der Waals surface area contributed by atoms with Crippen molar-refractivity contribution in [3.63, 3.8) is 0 Å². The van der Waals surface area contributed by atoms with Crippen molar-refractivity contribution in [3.05, 3.63) is 17.5 Å². The van der Waals surface area contributed by atoms with Crippen LogP contribution >= 0.6 is 11.6 Å². The van der Waals surface area contributed by atoms with Gasteiger partial charge in [-0.25, -0.2) is 14.8 Å². The second-order valence-electron chi connectivity index (χ2n) is 3.57. The number of nitrogens with one attached hydrogen (secondary N) is 1. The summed E-state index contributed by atoms with van der Waals surface area (Å²) in [6, 6.07) is 1.26. The van der Waals surface area contributed by atoms with Crippen molar-refractivity contribution in [1.82, 2.24) is 9.97 Å². The molecule has 0 saturated carbocycles. The summed E-state index contributed by atoms with van der Waals surface area (Å²) in [7, 11) is 1.37. The van der Waals surface area contributed by atoms with Crippen molar-refractivity contribution < 1.29 is 9.53 Å². The smallest absolute Gasteiger partial charge is 0.328 e. The molecule has 0 amide bonds. The Hall–Kier alpha value is -1.36. The second-order valence-corrected chi connectivity index (χ2v) is 3.91. The van der Waals surface area contributed by atoms with E-state index in [4.69, 9.17) is 16.3 Å². The van der Waals surface area contributed by atoms with Crippen molar-refractivity contribution in [3.8, 4) is 0 Å². The van der Waals surface area contributed by atoms with Gasteiger partial charge in [0.05, 0.1) is 7.11 Å². The largest absolute Gasteiger partial charge is 0.467 e. The van der Waals surface area contributed by atoms with E-state index < -0.39 is 6.04 Å². The Morgan fingerprint density at radius 3 is 3.00 bits per heavy atom. The number of esters is 1. The molecule has 0 unspecified atom stereocenters. The third-order valence-corrected chi connectivity index (χ3v) is 2.46. The van der Waals surface area contributed by atoms with Gasteiger partial charge in [-0.05, 0) is 24.1 Å². The molecule has 0 aliphatic rings. The Balaban J connectivity index is 2.68. The highest BCUT2D eigenvalue weighted by Crippen LogP contribution is 2.11. The van der Waals surface area contributed by atoms with Crippen molar-refractivity contribution in [2.75, 3.05) is 12.4 Å². The molecule has 1 rings (SSSR count). The van der Waals surface area contributed by atoms with E-state index in [0.29, 0.717) is 12.2 Å². The van der Waals surface area contributed by atoms with Crippen LogP contribution in [0.15, 0.2) is 12.3 Å². The molecule has 6 heteroatoms. The van der Waals surface area contributed by atoms with E-state index in [2.05, 4.69) is 22.2 Å². The standard InChI is InChI=1S/C11H16ClN3O2/c1-3-4-5-8(10(16)17-2)14-9-6-7-13-11(12)15-9/h6-8H,3-5H2,1-2H3,(H,13,14,15)/t8-/m0/s1. The Morgan fingerprint density at radius 2 is 2.41 bits per heavy atom. The lowest BCUT2D eigenvalue weighted by atomic mass is 10.1. The summed E-state index contributed by atoms with van der Waals surface area (Å²) < 4.78 is 4.73. The number of halogens is 1. The number of methoxy groups -OCH3 is 1. The fourth-order valence-electron chi connectivity index (χ4n) is 1.39. The van der Waals surface area contributed by atoms with Crippen LogP contribution in [0.3, 0.4) is 0 Å². The van der Waals surface area contributed by atoms with E-state index in [1.54, 1.807) is 6.07 Å². The molecule has 1 aromatic heterocycles. The van der Waals surface area contributed by atoms with Gasteiger partial charge in [0, 0.05) is 6.20 Å². The summed E-state index contributed by atoms with van der Waals surface area (Å²) in [6.45, 7) is 2.07. The number of unbranched alkanes of at least 4 members (excludes halogenated alkanes) is 1. The SMILES string of the molecule is CCCC[C@H](Nc1ccnc(Cl)n1)C(=O)OC. The monoisotopic (exact) mass is 257 g/mol. The summed E-state index contributed by atoms with van der Waals surface area (Å²) in [6.07, 6.45) is 4.18. The summed E-state index contributed by atoms with van der Waals surface area (Å²) in [5, 5.41) is 3.14. The van der Waals surface area contributed by atoms with Crippen LogP contribution in [-0.4, -0.2) is 29.1 Å². The van der Waals surface area contributed by atoms with Crippen LogP contribution in [0.4, 0.5) is 5.82 Å². The third-order valence-electron chi connectivity index (χ3n) is 2.28. The normalized spacial score (nSPS) is 11.9. The van der Waals surface area contributed by atoms with Crippen molar-refractivity contribution in [2.45, 2.75) is 32.2 Å². The predicted octanol–water partition coefficient (Wildman–Crippen LogP) is 2.27. The fraction of sp³-hybridized carbons (Fsp3) is 0.545. The Bertz CT molecular complexity index is 373.